The number of nitrogens with one attached hydrogen (secondary N) is 2. The van der Waals surface area contributed by atoms with Gasteiger partial charge in [0, 0.05) is 38.1 Å². The summed E-state index contributed by atoms with van der Waals surface area (Å²) in [5, 5.41) is 15.0. The lowest BCUT2D eigenvalue weighted by Crippen LogP contribution is -2.32. The monoisotopic (exact) mass is 421 g/mol. The molecule has 1 fully saturated rings. The van der Waals surface area contributed by atoms with Crippen molar-refractivity contribution in [1.82, 2.24) is 10.2 Å². The number of rotatable bonds is 9. The Balaban J connectivity index is 1.42. The summed E-state index contributed by atoms with van der Waals surface area (Å²) in [4.78, 5) is 14.6. The van der Waals surface area contributed by atoms with Crippen LogP contribution in [0.15, 0.2) is 28.6 Å². The van der Waals surface area contributed by atoms with Crippen molar-refractivity contribution in [2.45, 2.75) is 24.1 Å². The molecule has 0 saturated carbocycles. The van der Waals surface area contributed by atoms with Crippen LogP contribution < -0.4 is 15.5 Å². The summed E-state index contributed by atoms with van der Waals surface area (Å²) in [5.41, 5.74) is 2.04. The summed E-state index contributed by atoms with van der Waals surface area (Å²) in [7, 11) is 1.66. The number of amides is 1. The third kappa shape index (κ3) is 6.35. The van der Waals surface area contributed by atoms with Crippen molar-refractivity contribution < 1.29 is 9.53 Å². The second-order valence-electron chi connectivity index (χ2n) is 6.85. The number of piperidine rings is 1. The Kier molecular flexibility index (Phi) is 7.93. The first-order valence-corrected chi connectivity index (χ1v) is 11.3. The Morgan fingerprint density at radius 2 is 2.04 bits per heavy atom. The molecule has 1 saturated heterocycles. The summed E-state index contributed by atoms with van der Waals surface area (Å²) >= 11 is 2.83. The van der Waals surface area contributed by atoms with Crippen molar-refractivity contribution in [2.75, 3.05) is 54.6 Å². The van der Waals surface area contributed by atoms with Gasteiger partial charge >= 0.3 is 0 Å². The second kappa shape index (κ2) is 10.6. The SMILES string of the molecule is COCCNc1nnc(SCC(=O)Nc2ccc(N3CCC(C)CC3)cc2)s1. The molecular weight excluding hydrogens is 394 g/mol. The smallest absolute Gasteiger partial charge is 0.234 e. The zero-order chi connectivity index (χ0) is 19.8. The van der Waals surface area contributed by atoms with Crippen LogP contribution in [0.1, 0.15) is 19.8 Å². The fourth-order valence-corrected chi connectivity index (χ4v) is 4.52. The van der Waals surface area contributed by atoms with E-state index in [0.717, 1.165) is 34.2 Å². The predicted octanol–water partition coefficient (Wildman–Crippen LogP) is 3.56. The number of aromatic nitrogens is 2. The van der Waals surface area contributed by atoms with Crippen molar-refractivity contribution >= 4 is 45.5 Å². The first kappa shape index (κ1) is 20.9. The molecule has 7 nitrogen and oxygen atoms in total. The molecule has 2 N–H and O–H groups in total. The fraction of sp³-hybridized carbons (Fsp3) is 0.526. The Labute approximate surface area is 174 Å². The van der Waals surface area contributed by atoms with Crippen LogP contribution in [0.4, 0.5) is 16.5 Å². The van der Waals surface area contributed by atoms with Crippen molar-refractivity contribution in [2.24, 2.45) is 5.92 Å². The topological polar surface area (TPSA) is 79.4 Å². The maximum Gasteiger partial charge on any atom is 0.234 e. The number of carbonyl (C=O) groups excluding carboxylic acids is 1. The summed E-state index contributed by atoms with van der Waals surface area (Å²) in [6.45, 7) is 5.82. The van der Waals surface area contributed by atoms with E-state index in [1.54, 1.807) is 7.11 Å². The number of methoxy groups -OCH3 is 1. The Hall–Kier alpha value is -1.84. The van der Waals surface area contributed by atoms with E-state index < -0.39 is 0 Å². The van der Waals surface area contributed by atoms with Gasteiger partial charge in [0.05, 0.1) is 12.4 Å². The first-order chi connectivity index (χ1) is 13.6. The highest BCUT2D eigenvalue weighted by atomic mass is 32.2. The van der Waals surface area contributed by atoms with Crippen LogP contribution in [0, 0.1) is 5.92 Å². The molecule has 1 amide bonds. The largest absolute Gasteiger partial charge is 0.383 e. The lowest BCUT2D eigenvalue weighted by atomic mass is 9.99. The van der Waals surface area contributed by atoms with Gasteiger partial charge in [0.15, 0.2) is 4.34 Å². The van der Waals surface area contributed by atoms with Gasteiger partial charge < -0.3 is 20.3 Å². The van der Waals surface area contributed by atoms with Crippen LogP contribution in [-0.2, 0) is 9.53 Å². The van der Waals surface area contributed by atoms with E-state index in [4.69, 9.17) is 4.74 Å². The van der Waals surface area contributed by atoms with E-state index >= 15 is 0 Å². The second-order valence-corrected chi connectivity index (χ2v) is 9.05. The number of hydrogen-bond donors (Lipinski definition) is 2. The normalized spacial score (nSPS) is 14.9. The molecule has 2 heterocycles. The molecule has 1 aliphatic heterocycles. The van der Waals surface area contributed by atoms with Gasteiger partial charge in [-0.1, -0.05) is 30.0 Å². The molecule has 0 unspecified atom stereocenters. The lowest BCUT2D eigenvalue weighted by molar-refractivity contribution is -0.113. The molecule has 1 aliphatic rings. The van der Waals surface area contributed by atoms with Gasteiger partial charge in [-0.05, 0) is 43.0 Å². The minimum Gasteiger partial charge on any atom is -0.383 e. The Bertz CT molecular complexity index is 745. The maximum absolute atomic E-state index is 12.2. The summed E-state index contributed by atoms with van der Waals surface area (Å²) < 4.78 is 5.75. The van der Waals surface area contributed by atoms with Gasteiger partial charge in [0.25, 0.3) is 0 Å². The van der Waals surface area contributed by atoms with Gasteiger partial charge in [-0.3, -0.25) is 4.79 Å². The molecule has 152 valence electrons. The molecule has 9 heteroatoms. The highest BCUT2D eigenvalue weighted by Gasteiger charge is 2.16. The van der Waals surface area contributed by atoms with Crippen molar-refractivity contribution in [3.63, 3.8) is 0 Å². The zero-order valence-electron chi connectivity index (χ0n) is 16.3. The Morgan fingerprint density at radius 1 is 1.29 bits per heavy atom. The molecule has 0 spiro atoms. The van der Waals surface area contributed by atoms with Gasteiger partial charge in [-0.15, -0.1) is 10.2 Å². The minimum absolute atomic E-state index is 0.0476. The van der Waals surface area contributed by atoms with Crippen LogP contribution in [-0.4, -0.2) is 55.2 Å². The molecule has 3 rings (SSSR count). The van der Waals surface area contributed by atoms with Gasteiger partial charge in [-0.25, -0.2) is 0 Å². The van der Waals surface area contributed by atoms with E-state index in [1.165, 1.54) is 41.6 Å². The summed E-state index contributed by atoms with van der Waals surface area (Å²) in [6, 6.07) is 8.11. The third-order valence-electron chi connectivity index (χ3n) is 4.62. The number of thioether (sulfide) groups is 1. The molecule has 0 aliphatic carbocycles. The van der Waals surface area contributed by atoms with Crippen LogP contribution >= 0.6 is 23.1 Å². The molecule has 0 atom stereocenters. The van der Waals surface area contributed by atoms with E-state index in [-0.39, 0.29) is 5.91 Å². The average molecular weight is 422 g/mol. The van der Waals surface area contributed by atoms with E-state index in [2.05, 4.69) is 44.8 Å². The molecule has 1 aromatic heterocycles. The number of anilines is 3. The average Bonchev–Trinajstić information content (AvgIpc) is 3.16. The maximum atomic E-state index is 12.2. The van der Waals surface area contributed by atoms with Crippen LogP contribution in [0.2, 0.25) is 0 Å². The molecule has 1 aromatic carbocycles. The molecule has 2 aromatic rings. The zero-order valence-corrected chi connectivity index (χ0v) is 17.9. The predicted molar refractivity (Wildman–Crippen MR) is 117 cm³/mol. The van der Waals surface area contributed by atoms with Gasteiger partial charge in [0.2, 0.25) is 11.0 Å². The molecule has 28 heavy (non-hydrogen) atoms. The summed E-state index contributed by atoms with van der Waals surface area (Å²) in [5.74, 6) is 1.07. The highest BCUT2D eigenvalue weighted by molar-refractivity contribution is 8.01. The van der Waals surface area contributed by atoms with Crippen LogP contribution in [0.25, 0.3) is 0 Å². The van der Waals surface area contributed by atoms with Crippen molar-refractivity contribution in [1.29, 1.82) is 0 Å². The lowest BCUT2D eigenvalue weighted by Gasteiger charge is -2.32. The van der Waals surface area contributed by atoms with E-state index in [1.807, 2.05) is 12.1 Å². The number of nitrogens with zero attached hydrogens (tertiary/aromatic N) is 3. The number of ether oxygens (including phenoxy) is 1. The van der Waals surface area contributed by atoms with Gasteiger partial charge in [0.1, 0.15) is 0 Å². The van der Waals surface area contributed by atoms with Crippen LogP contribution in [0.3, 0.4) is 0 Å². The third-order valence-corrected chi connectivity index (χ3v) is 6.63. The number of carbonyl (C=O) groups is 1. The quantitative estimate of drug-likeness (QED) is 0.473. The molecule has 0 radical (unpaired) electrons. The molecule has 0 bridgehead atoms. The van der Waals surface area contributed by atoms with Crippen LogP contribution in [0.5, 0.6) is 0 Å². The first-order valence-electron chi connectivity index (χ1n) is 9.48. The van der Waals surface area contributed by atoms with Gasteiger partial charge in [-0.2, -0.15) is 0 Å². The molecular formula is C19H27N5O2S2. The number of benzene rings is 1. The highest BCUT2D eigenvalue weighted by Crippen LogP contribution is 2.26. The minimum atomic E-state index is -0.0476. The standard InChI is InChI=1S/C19H27N5O2S2/c1-14-7-10-24(11-8-14)16-5-3-15(4-6-16)21-17(25)13-27-19-23-22-18(28-19)20-9-12-26-2/h3-6,14H,7-13H2,1-2H3,(H,20,22)(H,21,25). The Morgan fingerprint density at radius 3 is 2.75 bits per heavy atom. The number of hydrogen-bond acceptors (Lipinski definition) is 8. The van der Waals surface area contributed by atoms with Crippen molar-refractivity contribution in [3.8, 4) is 0 Å². The summed E-state index contributed by atoms with van der Waals surface area (Å²) in [6.07, 6.45) is 2.48. The van der Waals surface area contributed by atoms with Crippen molar-refractivity contribution in [3.05, 3.63) is 24.3 Å². The van der Waals surface area contributed by atoms with E-state index in [0.29, 0.717) is 18.9 Å². The van der Waals surface area contributed by atoms with E-state index in [9.17, 15) is 4.79 Å². The fourth-order valence-electron chi connectivity index (χ4n) is 2.95.